The highest BCUT2D eigenvalue weighted by molar-refractivity contribution is 5.14. The van der Waals surface area contributed by atoms with Crippen LogP contribution in [0, 0.1) is 12.8 Å². The van der Waals surface area contributed by atoms with Crippen LogP contribution in [0.4, 0.5) is 0 Å². The van der Waals surface area contributed by atoms with Crippen LogP contribution in [-0.4, -0.2) is 15.3 Å². The van der Waals surface area contributed by atoms with Crippen molar-refractivity contribution in [2.75, 3.05) is 0 Å². The summed E-state index contributed by atoms with van der Waals surface area (Å²) < 4.78 is 2.10. The Morgan fingerprint density at radius 2 is 2.29 bits per heavy atom. The van der Waals surface area contributed by atoms with E-state index in [0.717, 1.165) is 24.6 Å². The minimum atomic E-state index is 0.0140. The largest absolute Gasteiger partial charge is 0.325 e. The summed E-state index contributed by atoms with van der Waals surface area (Å²) in [5.41, 5.74) is 8.98. The van der Waals surface area contributed by atoms with Gasteiger partial charge in [0.15, 0.2) is 0 Å². The molecule has 0 spiro atoms. The quantitative estimate of drug-likeness (QED) is 0.872. The summed E-state index contributed by atoms with van der Waals surface area (Å²) in [6.45, 7) is 7.41. The molecule has 2 unspecified atom stereocenters. The molecule has 2 rings (SSSR count). The Kier molecular flexibility index (Phi) is 3.57. The fourth-order valence-electron chi connectivity index (χ4n) is 3.16. The summed E-state index contributed by atoms with van der Waals surface area (Å²) in [6.07, 6.45) is 5.90. The van der Waals surface area contributed by atoms with Crippen molar-refractivity contribution in [2.45, 2.75) is 65.0 Å². The summed E-state index contributed by atoms with van der Waals surface area (Å²) >= 11 is 0. The number of hydrogen-bond donors (Lipinski definition) is 1. The van der Waals surface area contributed by atoms with Crippen molar-refractivity contribution >= 4 is 0 Å². The Balaban J connectivity index is 2.10. The van der Waals surface area contributed by atoms with Crippen LogP contribution in [0.15, 0.2) is 6.07 Å². The molecule has 1 saturated carbocycles. The van der Waals surface area contributed by atoms with Crippen LogP contribution < -0.4 is 5.73 Å². The van der Waals surface area contributed by atoms with Crippen molar-refractivity contribution in [1.82, 2.24) is 9.78 Å². The van der Waals surface area contributed by atoms with Gasteiger partial charge >= 0.3 is 0 Å². The van der Waals surface area contributed by atoms with Gasteiger partial charge in [-0.2, -0.15) is 5.10 Å². The molecular formula is C14H25N3. The zero-order valence-corrected chi connectivity index (χ0v) is 11.4. The van der Waals surface area contributed by atoms with Gasteiger partial charge in [0.05, 0.1) is 5.69 Å². The van der Waals surface area contributed by atoms with E-state index in [0.29, 0.717) is 0 Å². The first-order valence-corrected chi connectivity index (χ1v) is 6.88. The van der Waals surface area contributed by atoms with E-state index in [1.54, 1.807) is 0 Å². The molecule has 96 valence electrons. The van der Waals surface area contributed by atoms with Gasteiger partial charge in [0.2, 0.25) is 0 Å². The molecular weight excluding hydrogens is 210 g/mol. The van der Waals surface area contributed by atoms with Crippen LogP contribution in [0.3, 0.4) is 0 Å². The molecule has 1 fully saturated rings. The van der Waals surface area contributed by atoms with Crippen molar-refractivity contribution in [3.63, 3.8) is 0 Å². The average Bonchev–Trinajstić information content (AvgIpc) is 2.82. The summed E-state index contributed by atoms with van der Waals surface area (Å²) in [7, 11) is 0. The van der Waals surface area contributed by atoms with Crippen molar-refractivity contribution in [3.8, 4) is 0 Å². The van der Waals surface area contributed by atoms with Crippen LogP contribution in [0.5, 0.6) is 0 Å². The lowest BCUT2D eigenvalue weighted by molar-refractivity contribution is 0.394. The lowest BCUT2D eigenvalue weighted by atomic mass is 9.91. The summed E-state index contributed by atoms with van der Waals surface area (Å²) in [4.78, 5) is 0. The molecule has 1 aliphatic rings. The molecule has 3 heteroatoms. The molecule has 1 heterocycles. The van der Waals surface area contributed by atoms with E-state index in [4.69, 9.17) is 5.73 Å². The van der Waals surface area contributed by atoms with Gasteiger partial charge in [-0.1, -0.05) is 13.3 Å². The summed E-state index contributed by atoms with van der Waals surface area (Å²) in [5.74, 6) is 0.832. The molecule has 2 atom stereocenters. The first-order valence-electron chi connectivity index (χ1n) is 6.88. The highest BCUT2D eigenvalue weighted by Gasteiger charge is 2.35. The standard InChI is InChI=1S/C14H25N3/c1-4-12-6-7-14(15,9-12)10-13-8-11(3)16-17(13)5-2/h8,12H,4-7,9-10,15H2,1-3H3. The van der Waals surface area contributed by atoms with Gasteiger partial charge in [0.1, 0.15) is 0 Å². The second-order valence-corrected chi connectivity index (χ2v) is 5.65. The predicted octanol–water partition coefficient (Wildman–Crippen LogP) is 2.66. The van der Waals surface area contributed by atoms with Gasteiger partial charge in [-0.05, 0) is 45.1 Å². The van der Waals surface area contributed by atoms with Crippen molar-refractivity contribution in [1.29, 1.82) is 0 Å². The van der Waals surface area contributed by atoms with Crippen LogP contribution in [-0.2, 0) is 13.0 Å². The number of nitrogens with zero attached hydrogens (tertiary/aromatic N) is 2. The monoisotopic (exact) mass is 235 g/mol. The second-order valence-electron chi connectivity index (χ2n) is 5.65. The van der Waals surface area contributed by atoms with Gasteiger partial charge < -0.3 is 5.73 Å². The van der Waals surface area contributed by atoms with E-state index >= 15 is 0 Å². The Labute approximate surface area is 104 Å². The van der Waals surface area contributed by atoms with Crippen LogP contribution in [0.1, 0.15) is 50.9 Å². The molecule has 1 aromatic rings. The third-order valence-corrected chi connectivity index (χ3v) is 4.14. The fraction of sp³-hybridized carbons (Fsp3) is 0.786. The lowest BCUT2D eigenvalue weighted by Crippen LogP contribution is -2.40. The van der Waals surface area contributed by atoms with E-state index in [-0.39, 0.29) is 5.54 Å². The number of rotatable bonds is 4. The topological polar surface area (TPSA) is 43.8 Å². The molecule has 0 aromatic carbocycles. The Morgan fingerprint density at radius 3 is 2.88 bits per heavy atom. The zero-order valence-electron chi connectivity index (χ0n) is 11.4. The van der Waals surface area contributed by atoms with E-state index in [9.17, 15) is 0 Å². The first-order chi connectivity index (χ1) is 8.06. The number of aryl methyl sites for hydroxylation is 2. The first kappa shape index (κ1) is 12.6. The highest BCUT2D eigenvalue weighted by Crippen LogP contribution is 2.36. The zero-order chi connectivity index (χ0) is 12.5. The maximum Gasteiger partial charge on any atom is 0.0596 e. The van der Waals surface area contributed by atoms with Crippen molar-refractivity contribution < 1.29 is 0 Å². The Bertz CT molecular complexity index is 383. The molecule has 0 aliphatic heterocycles. The molecule has 2 N–H and O–H groups in total. The average molecular weight is 235 g/mol. The van der Waals surface area contributed by atoms with Gasteiger partial charge in [0, 0.05) is 24.2 Å². The van der Waals surface area contributed by atoms with Crippen LogP contribution in [0.2, 0.25) is 0 Å². The molecule has 1 aromatic heterocycles. The van der Waals surface area contributed by atoms with Gasteiger partial charge in [-0.15, -0.1) is 0 Å². The van der Waals surface area contributed by atoms with E-state index in [2.05, 4.69) is 36.6 Å². The fourth-order valence-corrected chi connectivity index (χ4v) is 3.16. The minimum Gasteiger partial charge on any atom is -0.325 e. The van der Waals surface area contributed by atoms with Gasteiger partial charge in [-0.25, -0.2) is 0 Å². The summed E-state index contributed by atoms with van der Waals surface area (Å²) in [6, 6.07) is 2.19. The predicted molar refractivity (Wildman–Crippen MR) is 70.9 cm³/mol. The molecule has 0 bridgehead atoms. The minimum absolute atomic E-state index is 0.0140. The number of aromatic nitrogens is 2. The van der Waals surface area contributed by atoms with E-state index < -0.39 is 0 Å². The second kappa shape index (κ2) is 4.81. The smallest absolute Gasteiger partial charge is 0.0596 e. The SMILES string of the molecule is CCC1CCC(N)(Cc2cc(C)nn2CC)C1. The molecule has 3 nitrogen and oxygen atoms in total. The van der Waals surface area contributed by atoms with E-state index in [1.165, 1.54) is 31.4 Å². The normalized spacial score (nSPS) is 28.8. The van der Waals surface area contributed by atoms with Crippen LogP contribution in [0.25, 0.3) is 0 Å². The number of hydrogen-bond acceptors (Lipinski definition) is 2. The maximum absolute atomic E-state index is 6.55. The Hall–Kier alpha value is -0.830. The lowest BCUT2D eigenvalue weighted by Gasteiger charge is -2.24. The molecule has 0 saturated heterocycles. The molecule has 1 aliphatic carbocycles. The van der Waals surface area contributed by atoms with Crippen LogP contribution >= 0.6 is 0 Å². The van der Waals surface area contributed by atoms with E-state index in [1.807, 2.05) is 0 Å². The summed E-state index contributed by atoms with van der Waals surface area (Å²) in [5, 5.41) is 4.50. The van der Waals surface area contributed by atoms with Crippen molar-refractivity contribution in [2.24, 2.45) is 11.7 Å². The maximum atomic E-state index is 6.55. The molecule has 0 radical (unpaired) electrons. The third-order valence-electron chi connectivity index (χ3n) is 4.14. The highest BCUT2D eigenvalue weighted by atomic mass is 15.3. The molecule has 0 amide bonds. The Morgan fingerprint density at radius 1 is 1.53 bits per heavy atom. The van der Waals surface area contributed by atoms with Crippen molar-refractivity contribution in [3.05, 3.63) is 17.5 Å². The number of nitrogens with two attached hydrogens (primary N) is 1. The van der Waals surface area contributed by atoms with Gasteiger partial charge in [0.25, 0.3) is 0 Å². The molecule has 17 heavy (non-hydrogen) atoms. The van der Waals surface area contributed by atoms with Gasteiger partial charge in [-0.3, -0.25) is 4.68 Å². The third kappa shape index (κ3) is 2.71.